The maximum Gasteiger partial charge on any atom is 0.312 e. The lowest BCUT2D eigenvalue weighted by Crippen LogP contribution is -2.47. The highest BCUT2D eigenvalue weighted by atomic mass is 32.2. The molecule has 2 saturated carbocycles. The summed E-state index contributed by atoms with van der Waals surface area (Å²) in [5.74, 6) is -1.89. The van der Waals surface area contributed by atoms with Gasteiger partial charge < -0.3 is 9.84 Å². The van der Waals surface area contributed by atoms with Crippen molar-refractivity contribution in [3.8, 4) is 0 Å². The van der Waals surface area contributed by atoms with E-state index < -0.39 is 27.4 Å². The molecule has 2 aliphatic rings. The van der Waals surface area contributed by atoms with E-state index in [1.165, 1.54) is 7.11 Å². The average Bonchev–Trinajstić information content (AvgIpc) is 2.54. The van der Waals surface area contributed by atoms with E-state index in [4.69, 9.17) is 9.84 Å². The Bertz CT molecular complexity index is 559. The van der Waals surface area contributed by atoms with Gasteiger partial charge in [-0.3, -0.25) is 9.59 Å². The number of methoxy groups -OCH3 is 1. The smallest absolute Gasteiger partial charge is 0.312 e. The van der Waals surface area contributed by atoms with Crippen molar-refractivity contribution in [3.05, 3.63) is 0 Å². The first-order valence-electron chi connectivity index (χ1n) is 8.59. The quantitative estimate of drug-likeness (QED) is 0.697. The van der Waals surface area contributed by atoms with Gasteiger partial charge in [-0.05, 0) is 38.5 Å². The first kappa shape index (κ1) is 19.2. The molecule has 8 heteroatoms. The number of esters is 1. The van der Waals surface area contributed by atoms with Crippen LogP contribution in [0.3, 0.4) is 0 Å². The van der Waals surface area contributed by atoms with Gasteiger partial charge in [0, 0.05) is 6.04 Å². The van der Waals surface area contributed by atoms with Crippen LogP contribution in [0.15, 0.2) is 0 Å². The highest BCUT2D eigenvalue weighted by Crippen LogP contribution is 2.38. The van der Waals surface area contributed by atoms with Crippen molar-refractivity contribution < 1.29 is 27.9 Å². The van der Waals surface area contributed by atoms with Crippen molar-refractivity contribution in [3.63, 3.8) is 0 Å². The van der Waals surface area contributed by atoms with Crippen molar-refractivity contribution >= 4 is 22.0 Å². The second-order valence-electron chi connectivity index (χ2n) is 7.10. The van der Waals surface area contributed by atoms with Crippen LogP contribution in [0.1, 0.15) is 57.8 Å². The number of carbonyl (C=O) groups excluding carboxylic acids is 1. The number of rotatable bonds is 6. The van der Waals surface area contributed by atoms with Crippen molar-refractivity contribution in [2.45, 2.75) is 63.8 Å². The summed E-state index contributed by atoms with van der Waals surface area (Å²) in [6.45, 7) is 0. The number of carbonyl (C=O) groups is 2. The summed E-state index contributed by atoms with van der Waals surface area (Å²) in [6, 6.07) is -0.246. The first-order valence-corrected chi connectivity index (χ1v) is 10.2. The summed E-state index contributed by atoms with van der Waals surface area (Å²) < 4.78 is 32.7. The lowest BCUT2D eigenvalue weighted by molar-refractivity contribution is -0.153. The molecule has 0 aromatic rings. The molecule has 0 aromatic heterocycles. The summed E-state index contributed by atoms with van der Waals surface area (Å²) >= 11 is 0. The van der Waals surface area contributed by atoms with E-state index in [0.717, 1.165) is 19.3 Å². The normalized spacial score (nSPS) is 27.4. The molecule has 138 valence electrons. The van der Waals surface area contributed by atoms with E-state index in [1.807, 2.05) is 0 Å². The molecule has 0 radical (unpaired) electrons. The van der Waals surface area contributed by atoms with Crippen molar-refractivity contribution in [2.75, 3.05) is 12.9 Å². The Morgan fingerprint density at radius 2 is 1.71 bits per heavy atom. The van der Waals surface area contributed by atoms with Crippen molar-refractivity contribution in [1.82, 2.24) is 4.72 Å². The van der Waals surface area contributed by atoms with Crippen LogP contribution in [0.4, 0.5) is 0 Å². The van der Waals surface area contributed by atoms with Crippen LogP contribution >= 0.6 is 0 Å². The molecule has 0 unspecified atom stereocenters. The third kappa shape index (κ3) is 4.69. The van der Waals surface area contributed by atoms with Gasteiger partial charge in [-0.1, -0.05) is 19.3 Å². The number of carboxylic acids is 1. The van der Waals surface area contributed by atoms with E-state index in [-0.39, 0.29) is 17.7 Å². The molecule has 0 amide bonds. The topological polar surface area (TPSA) is 110 Å². The van der Waals surface area contributed by atoms with E-state index in [0.29, 0.717) is 38.5 Å². The second-order valence-corrected chi connectivity index (χ2v) is 8.85. The molecule has 0 atom stereocenters. The Balaban J connectivity index is 1.99. The minimum atomic E-state index is -3.63. The van der Waals surface area contributed by atoms with Gasteiger partial charge in [-0.15, -0.1) is 0 Å². The summed E-state index contributed by atoms with van der Waals surface area (Å²) in [6.07, 6.45) is 5.71. The van der Waals surface area contributed by atoms with Gasteiger partial charge in [-0.25, -0.2) is 13.1 Å². The number of hydrogen-bond acceptors (Lipinski definition) is 5. The molecule has 0 heterocycles. The maximum absolute atomic E-state index is 12.6. The molecule has 0 saturated heterocycles. The number of nitrogens with one attached hydrogen (secondary N) is 1. The van der Waals surface area contributed by atoms with Crippen LogP contribution in [0, 0.1) is 11.3 Å². The van der Waals surface area contributed by atoms with Crippen LogP contribution in [-0.2, 0) is 24.3 Å². The molecule has 2 fully saturated rings. The minimum absolute atomic E-state index is 0.245. The van der Waals surface area contributed by atoms with E-state index in [2.05, 4.69) is 4.72 Å². The lowest BCUT2D eigenvalue weighted by atomic mass is 9.75. The van der Waals surface area contributed by atoms with Crippen LogP contribution in [-0.4, -0.2) is 44.4 Å². The van der Waals surface area contributed by atoms with Gasteiger partial charge in [0.2, 0.25) is 10.0 Å². The Hall–Kier alpha value is -1.15. The maximum atomic E-state index is 12.6. The molecular formula is C16H27NO6S. The van der Waals surface area contributed by atoms with Gasteiger partial charge in [0.1, 0.15) is 0 Å². The van der Waals surface area contributed by atoms with Gasteiger partial charge in [-0.2, -0.15) is 0 Å². The van der Waals surface area contributed by atoms with Crippen LogP contribution < -0.4 is 4.72 Å². The van der Waals surface area contributed by atoms with Gasteiger partial charge in [0.15, 0.2) is 0 Å². The molecule has 0 aromatic carbocycles. The van der Waals surface area contributed by atoms with E-state index in [1.54, 1.807) is 0 Å². The standard InChI is InChI=1S/C16H27NO6S/c1-23-15(20)16(9-3-2-4-10-16)11-24(21,22)17-13-7-5-12(6-8-13)14(18)19/h12-13,17H,2-11H2,1H3,(H,18,19). The Labute approximate surface area is 143 Å². The number of carboxylic acid groups (broad SMARTS) is 1. The van der Waals surface area contributed by atoms with Gasteiger partial charge in [0.05, 0.1) is 24.2 Å². The second kappa shape index (κ2) is 7.82. The monoisotopic (exact) mass is 361 g/mol. The Kier molecular flexibility index (Phi) is 6.25. The van der Waals surface area contributed by atoms with Crippen LogP contribution in [0.2, 0.25) is 0 Å². The molecule has 0 spiro atoms. The van der Waals surface area contributed by atoms with Gasteiger partial charge in [0.25, 0.3) is 0 Å². The SMILES string of the molecule is COC(=O)C1(CS(=O)(=O)NC2CCC(C(=O)O)CC2)CCCCC1. The highest BCUT2D eigenvalue weighted by Gasteiger charge is 2.44. The van der Waals surface area contributed by atoms with Crippen molar-refractivity contribution in [2.24, 2.45) is 11.3 Å². The van der Waals surface area contributed by atoms with Crippen LogP contribution in [0.5, 0.6) is 0 Å². The summed E-state index contributed by atoms with van der Waals surface area (Å²) in [5, 5.41) is 9.01. The van der Waals surface area contributed by atoms with E-state index in [9.17, 15) is 18.0 Å². The Morgan fingerprint density at radius 1 is 1.12 bits per heavy atom. The summed E-state index contributed by atoms with van der Waals surface area (Å²) in [5.41, 5.74) is -0.947. The fourth-order valence-electron chi connectivity index (χ4n) is 3.97. The highest BCUT2D eigenvalue weighted by molar-refractivity contribution is 7.89. The Morgan fingerprint density at radius 3 is 2.21 bits per heavy atom. The molecule has 2 rings (SSSR count). The lowest BCUT2D eigenvalue weighted by Gasteiger charge is -2.35. The molecule has 24 heavy (non-hydrogen) atoms. The molecule has 2 aliphatic carbocycles. The fourth-order valence-corrected chi connectivity index (χ4v) is 5.93. The van der Waals surface area contributed by atoms with Crippen molar-refractivity contribution in [1.29, 1.82) is 0 Å². The number of aliphatic carboxylic acids is 1. The average molecular weight is 361 g/mol. The zero-order valence-corrected chi connectivity index (χ0v) is 14.9. The third-order valence-corrected chi connectivity index (χ3v) is 6.94. The van der Waals surface area contributed by atoms with E-state index >= 15 is 0 Å². The largest absolute Gasteiger partial charge is 0.481 e. The fraction of sp³-hybridized carbons (Fsp3) is 0.875. The molecule has 0 aliphatic heterocycles. The molecule has 2 N–H and O–H groups in total. The summed E-state index contributed by atoms with van der Waals surface area (Å²) in [7, 11) is -2.33. The predicted octanol–water partition coefficient (Wildman–Crippen LogP) is 1.67. The zero-order valence-electron chi connectivity index (χ0n) is 14.1. The molecular weight excluding hydrogens is 334 g/mol. The first-order chi connectivity index (χ1) is 11.3. The number of hydrogen-bond donors (Lipinski definition) is 2. The third-order valence-electron chi connectivity index (χ3n) is 5.32. The predicted molar refractivity (Wildman–Crippen MR) is 87.8 cm³/mol. The summed E-state index contributed by atoms with van der Waals surface area (Å²) in [4.78, 5) is 23.2. The number of ether oxygens (including phenoxy) is 1. The van der Waals surface area contributed by atoms with Crippen LogP contribution in [0.25, 0.3) is 0 Å². The molecule has 7 nitrogen and oxygen atoms in total. The minimum Gasteiger partial charge on any atom is -0.481 e. The number of sulfonamides is 1. The van der Waals surface area contributed by atoms with Gasteiger partial charge >= 0.3 is 11.9 Å². The zero-order chi connectivity index (χ0) is 17.8. The molecule has 0 bridgehead atoms.